The first-order valence-electron chi connectivity index (χ1n) is 5.59. The Kier molecular flexibility index (Phi) is 5.63. The summed E-state index contributed by atoms with van der Waals surface area (Å²) in [4.78, 5) is 0. The molecule has 0 bridgehead atoms. The van der Waals surface area contributed by atoms with E-state index in [1.807, 2.05) is 13.8 Å². The summed E-state index contributed by atoms with van der Waals surface area (Å²) in [6.07, 6.45) is 0.128. The minimum Gasteiger partial charge on any atom is -0.377 e. The highest BCUT2D eigenvalue weighted by atomic mass is 32.2. The van der Waals surface area contributed by atoms with E-state index in [9.17, 15) is 8.42 Å². The highest BCUT2D eigenvalue weighted by Crippen LogP contribution is 1.99. The Labute approximate surface area is 97.5 Å². The third kappa shape index (κ3) is 4.75. The van der Waals surface area contributed by atoms with Crippen molar-refractivity contribution >= 4 is 10.2 Å². The number of hydrogen-bond acceptors (Lipinski definition) is 4. The van der Waals surface area contributed by atoms with Crippen molar-refractivity contribution < 1.29 is 13.2 Å². The highest BCUT2D eigenvalue weighted by Gasteiger charge is 2.22. The smallest absolute Gasteiger partial charge is 0.279 e. The number of piperazine rings is 1. The van der Waals surface area contributed by atoms with Gasteiger partial charge in [0, 0.05) is 32.7 Å². The van der Waals surface area contributed by atoms with Crippen molar-refractivity contribution in [1.29, 1.82) is 0 Å². The summed E-state index contributed by atoms with van der Waals surface area (Å²) < 4.78 is 32.8. The van der Waals surface area contributed by atoms with E-state index in [2.05, 4.69) is 10.0 Å². The van der Waals surface area contributed by atoms with Crippen molar-refractivity contribution in [2.45, 2.75) is 20.0 Å². The van der Waals surface area contributed by atoms with Crippen LogP contribution < -0.4 is 10.0 Å². The van der Waals surface area contributed by atoms with Crippen LogP contribution in [0.25, 0.3) is 0 Å². The molecule has 1 heterocycles. The van der Waals surface area contributed by atoms with Gasteiger partial charge >= 0.3 is 0 Å². The average Bonchev–Trinajstić information content (AvgIpc) is 2.26. The van der Waals surface area contributed by atoms with Crippen molar-refractivity contribution in [2.24, 2.45) is 0 Å². The van der Waals surface area contributed by atoms with Gasteiger partial charge in [0.2, 0.25) is 0 Å². The van der Waals surface area contributed by atoms with Gasteiger partial charge < -0.3 is 10.1 Å². The second-order valence-corrected chi connectivity index (χ2v) is 5.72. The molecule has 1 aliphatic heterocycles. The Bertz CT molecular complexity index is 286. The summed E-state index contributed by atoms with van der Waals surface area (Å²) in [7, 11) is -3.32. The molecule has 16 heavy (non-hydrogen) atoms. The van der Waals surface area contributed by atoms with Gasteiger partial charge in [-0.05, 0) is 13.8 Å². The van der Waals surface area contributed by atoms with Crippen LogP contribution >= 0.6 is 0 Å². The van der Waals surface area contributed by atoms with Crippen LogP contribution in [0.3, 0.4) is 0 Å². The van der Waals surface area contributed by atoms with E-state index in [0.717, 1.165) is 0 Å². The normalized spacial score (nSPS) is 19.2. The Morgan fingerprint density at radius 3 is 2.56 bits per heavy atom. The molecule has 2 N–H and O–H groups in total. The molecule has 1 aliphatic rings. The van der Waals surface area contributed by atoms with Crippen molar-refractivity contribution in [3.8, 4) is 0 Å². The zero-order valence-corrected chi connectivity index (χ0v) is 10.7. The van der Waals surface area contributed by atoms with Crippen LogP contribution in [0.1, 0.15) is 13.8 Å². The topological polar surface area (TPSA) is 70.7 Å². The van der Waals surface area contributed by atoms with Gasteiger partial charge in [0.25, 0.3) is 10.2 Å². The molecule has 96 valence electrons. The minimum absolute atomic E-state index is 0.128. The molecule has 0 amide bonds. The quantitative estimate of drug-likeness (QED) is 0.603. The zero-order valence-electron chi connectivity index (χ0n) is 9.90. The fourth-order valence-corrected chi connectivity index (χ4v) is 2.63. The standard InChI is InChI=1S/C9H21N3O3S/c1-9(2)15-8-5-11-16(13,14)12-6-3-10-4-7-12/h9-11H,3-8H2,1-2H3. The summed E-state index contributed by atoms with van der Waals surface area (Å²) in [5.74, 6) is 0. The molecular formula is C9H21N3O3S. The lowest BCUT2D eigenvalue weighted by Gasteiger charge is -2.26. The van der Waals surface area contributed by atoms with Crippen molar-refractivity contribution in [3.05, 3.63) is 0 Å². The van der Waals surface area contributed by atoms with E-state index in [-0.39, 0.29) is 6.10 Å². The summed E-state index contributed by atoms with van der Waals surface area (Å²) in [6, 6.07) is 0. The van der Waals surface area contributed by atoms with Gasteiger partial charge in [0.05, 0.1) is 12.7 Å². The van der Waals surface area contributed by atoms with Crippen molar-refractivity contribution in [2.75, 3.05) is 39.3 Å². The van der Waals surface area contributed by atoms with Crippen LogP contribution in [0.15, 0.2) is 0 Å². The molecule has 0 aromatic carbocycles. The molecule has 0 atom stereocenters. The van der Waals surface area contributed by atoms with E-state index in [1.165, 1.54) is 4.31 Å². The molecule has 0 aromatic rings. The summed E-state index contributed by atoms with van der Waals surface area (Å²) in [5.41, 5.74) is 0. The van der Waals surface area contributed by atoms with E-state index >= 15 is 0 Å². The molecular weight excluding hydrogens is 230 g/mol. The van der Waals surface area contributed by atoms with Gasteiger partial charge in [-0.1, -0.05) is 0 Å². The fraction of sp³-hybridized carbons (Fsp3) is 1.00. The molecule has 0 aliphatic carbocycles. The molecule has 1 rings (SSSR count). The molecule has 0 saturated carbocycles. The van der Waals surface area contributed by atoms with Crippen LogP contribution in [-0.4, -0.2) is 58.2 Å². The van der Waals surface area contributed by atoms with Gasteiger partial charge in [-0.25, -0.2) is 0 Å². The largest absolute Gasteiger partial charge is 0.377 e. The van der Waals surface area contributed by atoms with E-state index < -0.39 is 10.2 Å². The van der Waals surface area contributed by atoms with Gasteiger partial charge in [-0.15, -0.1) is 0 Å². The number of ether oxygens (including phenoxy) is 1. The number of nitrogens with zero attached hydrogens (tertiary/aromatic N) is 1. The molecule has 1 saturated heterocycles. The lowest BCUT2D eigenvalue weighted by atomic mass is 10.4. The van der Waals surface area contributed by atoms with Gasteiger partial charge in [0.1, 0.15) is 0 Å². The van der Waals surface area contributed by atoms with Crippen molar-refractivity contribution in [3.63, 3.8) is 0 Å². The maximum Gasteiger partial charge on any atom is 0.279 e. The Hall–Kier alpha value is -0.210. The maximum absolute atomic E-state index is 11.8. The van der Waals surface area contributed by atoms with Crippen LogP contribution in [-0.2, 0) is 14.9 Å². The SMILES string of the molecule is CC(C)OCCNS(=O)(=O)N1CCNCC1. The third-order valence-corrected chi connectivity index (χ3v) is 3.87. The van der Waals surface area contributed by atoms with Gasteiger partial charge in [0.15, 0.2) is 0 Å². The van der Waals surface area contributed by atoms with E-state index in [4.69, 9.17) is 4.74 Å². The molecule has 6 nitrogen and oxygen atoms in total. The zero-order chi connectivity index (χ0) is 12.0. The first-order chi connectivity index (χ1) is 7.52. The molecule has 0 aromatic heterocycles. The predicted molar refractivity (Wildman–Crippen MR) is 62.5 cm³/mol. The summed E-state index contributed by atoms with van der Waals surface area (Å²) in [6.45, 7) is 7.05. The number of hydrogen-bond donors (Lipinski definition) is 2. The summed E-state index contributed by atoms with van der Waals surface area (Å²) >= 11 is 0. The van der Waals surface area contributed by atoms with Crippen LogP contribution in [0.2, 0.25) is 0 Å². The first kappa shape index (κ1) is 13.9. The average molecular weight is 251 g/mol. The third-order valence-electron chi connectivity index (χ3n) is 2.25. The second-order valence-electron chi connectivity index (χ2n) is 3.97. The van der Waals surface area contributed by atoms with Gasteiger partial charge in [-0.3, -0.25) is 0 Å². The number of rotatable bonds is 6. The van der Waals surface area contributed by atoms with Crippen molar-refractivity contribution in [1.82, 2.24) is 14.3 Å². The lowest BCUT2D eigenvalue weighted by molar-refractivity contribution is 0.0831. The van der Waals surface area contributed by atoms with Gasteiger partial charge in [-0.2, -0.15) is 17.4 Å². The number of nitrogens with one attached hydrogen (secondary N) is 2. The Morgan fingerprint density at radius 1 is 1.38 bits per heavy atom. The van der Waals surface area contributed by atoms with E-state index in [1.54, 1.807) is 0 Å². The maximum atomic E-state index is 11.8. The predicted octanol–water partition coefficient (Wildman–Crippen LogP) is -0.849. The molecule has 1 fully saturated rings. The summed E-state index contributed by atoms with van der Waals surface area (Å²) in [5, 5.41) is 3.11. The molecule has 0 spiro atoms. The first-order valence-corrected chi connectivity index (χ1v) is 7.03. The van der Waals surface area contributed by atoms with E-state index in [0.29, 0.717) is 39.3 Å². The highest BCUT2D eigenvalue weighted by molar-refractivity contribution is 7.87. The lowest BCUT2D eigenvalue weighted by Crippen LogP contribution is -2.50. The van der Waals surface area contributed by atoms with Crippen LogP contribution in [0.5, 0.6) is 0 Å². The fourth-order valence-electron chi connectivity index (χ4n) is 1.44. The van der Waals surface area contributed by atoms with Crippen LogP contribution in [0.4, 0.5) is 0 Å². The van der Waals surface area contributed by atoms with Crippen LogP contribution in [0, 0.1) is 0 Å². The molecule has 0 unspecified atom stereocenters. The Morgan fingerprint density at radius 2 is 2.00 bits per heavy atom. The monoisotopic (exact) mass is 251 g/mol. The molecule has 0 radical (unpaired) electrons. The second kappa shape index (κ2) is 6.51. The Balaban J connectivity index is 2.27. The molecule has 7 heteroatoms. The minimum atomic E-state index is -3.32.